The zero-order chi connectivity index (χ0) is 16.9. The van der Waals surface area contributed by atoms with E-state index in [9.17, 15) is 4.39 Å². The third-order valence-electron chi connectivity index (χ3n) is 3.31. The smallest absolute Gasteiger partial charge is 0.223 e. The van der Waals surface area contributed by atoms with Gasteiger partial charge in [0.2, 0.25) is 5.88 Å². The lowest BCUT2D eigenvalue weighted by molar-refractivity contribution is 0.421. The van der Waals surface area contributed by atoms with Crippen molar-refractivity contribution in [2.75, 3.05) is 0 Å². The van der Waals surface area contributed by atoms with Crippen LogP contribution >= 0.6 is 11.8 Å². The van der Waals surface area contributed by atoms with Gasteiger partial charge in [-0.2, -0.15) is 4.98 Å². The Morgan fingerprint density at radius 1 is 1.00 bits per heavy atom. The summed E-state index contributed by atoms with van der Waals surface area (Å²) in [5.74, 6) is 0.858. The maximum Gasteiger partial charge on any atom is 0.223 e. The summed E-state index contributed by atoms with van der Waals surface area (Å²) in [7, 11) is 0. The Morgan fingerprint density at radius 2 is 1.83 bits per heavy atom. The molecule has 24 heavy (non-hydrogen) atoms. The highest BCUT2D eigenvalue weighted by Crippen LogP contribution is 2.26. The van der Waals surface area contributed by atoms with Crippen molar-refractivity contribution >= 4 is 11.8 Å². The number of aryl methyl sites for hydroxylation is 2. The van der Waals surface area contributed by atoms with Crippen LogP contribution in [0.15, 0.2) is 59.8 Å². The van der Waals surface area contributed by atoms with Gasteiger partial charge >= 0.3 is 0 Å². The number of aromatic nitrogens is 2. The largest absolute Gasteiger partial charge is 0.436 e. The summed E-state index contributed by atoms with van der Waals surface area (Å²) in [5.41, 5.74) is 3.21. The molecule has 122 valence electrons. The topological polar surface area (TPSA) is 35.0 Å². The third-order valence-corrected chi connectivity index (χ3v) is 4.23. The average molecular weight is 340 g/mol. The number of hydrogen-bond donors (Lipinski definition) is 0. The molecule has 0 aliphatic carbocycles. The molecule has 0 spiro atoms. The molecule has 5 heteroatoms. The molecule has 0 aliphatic rings. The van der Waals surface area contributed by atoms with Crippen LogP contribution in [0.1, 0.15) is 16.8 Å². The van der Waals surface area contributed by atoms with Crippen molar-refractivity contribution in [2.24, 2.45) is 0 Å². The molecule has 3 aromatic rings. The number of hydrogen-bond acceptors (Lipinski definition) is 4. The minimum absolute atomic E-state index is 0.158. The highest BCUT2D eigenvalue weighted by atomic mass is 32.2. The Labute approximate surface area is 144 Å². The SMILES string of the molecule is Cc1cccc(CSc2nc(C)cc(Oc3ccccc3F)n2)c1. The number of ether oxygens (including phenoxy) is 1. The van der Waals surface area contributed by atoms with Gasteiger partial charge in [0.05, 0.1) is 0 Å². The number of halogens is 1. The standard InChI is InChI=1S/C19H17FN2OS/c1-13-6-5-7-15(10-13)12-24-19-21-14(2)11-18(22-19)23-17-9-4-3-8-16(17)20/h3-11H,12H2,1-2H3. The molecule has 0 N–H and O–H groups in total. The first kappa shape index (κ1) is 16.5. The third kappa shape index (κ3) is 4.32. The van der Waals surface area contributed by atoms with Crippen molar-refractivity contribution < 1.29 is 9.13 Å². The van der Waals surface area contributed by atoms with Gasteiger partial charge < -0.3 is 4.74 Å². The van der Waals surface area contributed by atoms with Gasteiger partial charge in [0.25, 0.3) is 0 Å². The van der Waals surface area contributed by atoms with Gasteiger partial charge in [-0.3, -0.25) is 0 Å². The number of rotatable bonds is 5. The van der Waals surface area contributed by atoms with E-state index in [2.05, 4.69) is 35.1 Å². The van der Waals surface area contributed by atoms with Gasteiger partial charge in [-0.25, -0.2) is 9.37 Å². The van der Waals surface area contributed by atoms with Crippen LogP contribution in [-0.2, 0) is 5.75 Å². The second kappa shape index (κ2) is 7.45. The fraction of sp³-hybridized carbons (Fsp3) is 0.158. The monoisotopic (exact) mass is 340 g/mol. The molecule has 0 amide bonds. The molecule has 3 rings (SSSR count). The summed E-state index contributed by atoms with van der Waals surface area (Å²) >= 11 is 1.53. The van der Waals surface area contributed by atoms with Crippen LogP contribution in [0.3, 0.4) is 0 Å². The van der Waals surface area contributed by atoms with Crippen LogP contribution in [0.2, 0.25) is 0 Å². The van der Waals surface area contributed by atoms with Crippen LogP contribution in [0.5, 0.6) is 11.6 Å². The van der Waals surface area contributed by atoms with Gasteiger partial charge in [0.1, 0.15) is 0 Å². The lowest BCUT2D eigenvalue weighted by atomic mass is 10.2. The van der Waals surface area contributed by atoms with Crippen molar-refractivity contribution in [3.8, 4) is 11.6 Å². The molecule has 0 saturated heterocycles. The van der Waals surface area contributed by atoms with Crippen molar-refractivity contribution in [3.63, 3.8) is 0 Å². The van der Waals surface area contributed by atoms with E-state index in [4.69, 9.17) is 4.74 Å². The first-order valence-electron chi connectivity index (χ1n) is 7.56. The molecule has 3 nitrogen and oxygen atoms in total. The number of thioether (sulfide) groups is 1. The van der Waals surface area contributed by atoms with E-state index >= 15 is 0 Å². The van der Waals surface area contributed by atoms with Gasteiger partial charge in [-0.15, -0.1) is 0 Å². The summed E-state index contributed by atoms with van der Waals surface area (Å²) in [6.45, 7) is 3.93. The van der Waals surface area contributed by atoms with Crippen molar-refractivity contribution in [2.45, 2.75) is 24.8 Å². The highest BCUT2D eigenvalue weighted by Gasteiger charge is 2.08. The number of benzene rings is 2. The Morgan fingerprint density at radius 3 is 2.62 bits per heavy atom. The predicted molar refractivity (Wildman–Crippen MR) is 94.0 cm³/mol. The van der Waals surface area contributed by atoms with Crippen molar-refractivity contribution in [1.29, 1.82) is 0 Å². The highest BCUT2D eigenvalue weighted by molar-refractivity contribution is 7.98. The Hall–Kier alpha value is -2.40. The molecular formula is C19H17FN2OS. The minimum Gasteiger partial charge on any atom is -0.436 e. The van der Waals surface area contributed by atoms with Crippen LogP contribution < -0.4 is 4.74 Å². The fourth-order valence-electron chi connectivity index (χ4n) is 2.22. The van der Waals surface area contributed by atoms with Crippen molar-refractivity contribution in [3.05, 3.63) is 77.2 Å². The molecule has 0 saturated carbocycles. The van der Waals surface area contributed by atoms with Gasteiger partial charge in [0.15, 0.2) is 16.7 Å². The van der Waals surface area contributed by atoms with E-state index in [1.165, 1.54) is 29.0 Å². The van der Waals surface area contributed by atoms with Crippen molar-refractivity contribution in [1.82, 2.24) is 9.97 Å². The molecule has 0 bridgehead atoms. The summed E-state index contributed by atoms with van der Waals surface area (Å²) < 4.78 is 19.3. The summed E-state index contributed by atoms with van der Waals surface area (Å²) in [6, 6.07) is 16.3. The molecule has 1 aromatic heterocycles. The zero-order valence-electron chi connectivity index (χ0n) is 13.5. The fourth-order valence-corrected chi connectivity index (χ4v) is 3.06. The maximum atomic E-state index is 13.7. The maximum absolute atomic E-state index is 13.7. The Bertz CT molecular complexity index is 854. The second-order valence-electron chi connectivity index (χ2n) is 5.44. The minimum atomic E-state index is -0.414. The van der Waals surface area contributed by atoms with E-state index < -0.39 is 5.82 Å². The normalized spacial score (nSPS) is 10.6. The lowest BCUT2D eigenvalue weighted by Crippen LogP contribution is -1.96. The quantitative estimate of drug-likeness (QED) is 0.465. The zero-order valence-corrected chi connectivity index (χ0v) is 14.3. The summed E-state index contributed by atoms with van der Waals surface area (Å²) in [5, 5.41) is 0.614. The van der Waals surface area contributed by atoms with Gasteiger partial charge in [-0.05, 0) is 31.5 Å². The molecule has 2 aromatic carbocycles. The van der Waals surface area contributed by atoms with Crippen LogP contribution in [-0.4, -0.2) is 9.97 Å². The number of para-hydroxylation sites is 1. The predicted octanol–water partition coefficient (Wildman–Crippen LogP) is 5.32. The summed E-state index contributed by atoms with van der Waals surface area (Å²) in [4.78, 5) is 8.78. The van der Waals surface area contributed by atoms with Gasteiger partial charge in [-0.1, -0.05) is 53.7 Å². The van der Waals surface area contributed by atoms with E-state index in [0.717, 1.165) is 11.4 Å². The molecule has 0 aliphatic heterocycles. The number of nitrogens with zero attached hydrogens (tertiary/aromatic N) is 2. The molecule has 0 radical (unpaired) electrons. The first-order valence-corrected chi connectivity index (χ1v) is 8.55. The Kier molecular flexibility index (Phi) is 5.11. The second-order valence-corrected chi connectivity index (χ2v) is 6.38. The molecule has 1 heterocycles. The van der Waals surface area contributed by atoms with Crippen LogP contribution in [0.4, 0.5) is 4.39 Å². The van der Waals surface area contributed by atoms with Gasteiger partial charge in [0, 0.05) is 17.5 Å². The Balaban J connectivity index is 1.75. The molecule has 0 unspecified atom stereocenters. The van der Waals surface area contributed by atoms with Crippen LogP contribution in [0, 0.1) is 19.7 Å². The molecular weight excluding hydrogens is 323 g/mol. The van der Waals surface area contributed by atoms with E-state index in [1.807, 2.05) is 13.0 Å². The lowest BCUT2D eigenvalue weighted by Gasteiger charge is -2.08. The van der Waals surface area contributed by atoms with E-state index in [-0.39, 0.29) is 5.75 Å². The van der Waals surface area contributed by atoms with Crippen LogP contribution in [0.25, 0.3) is 0 Å². The molecule has 0 atom stereocenters. The summed E-state index contributed by atoms with van der Waals surface area (Å²) in [6.07, 6.45) is 0. The molecule has 0 fully saturated rings. The average Bonchev–Trinajstić information content (AvgIpc) is 2.55. The first-order chi connectivity index (χ1) is 11.6. The van der Waals surface area contributed by atoms with E-state index in [0.29, 0.717) is 11.0 Å². The van der Waals surface area contributed by atoms with E-state index in [1.54, 1.807) is 24.3 Å².